The van der Waals surface area contributed by atoms with Crippen molar-refractivity contribution in [3.05, 3.63) is 29.8 Å². The molecule has 0 radical (unpaired) electrons. The number of nitrogens with one attached hydrogen (secondary N) is 1. The van der Waals surface area contributed by atoms with Crippen molar-refractivity contribution in [2.45, 2.75) is 11.4 Å². The van der Waals surface area contributed by atoms with Crippen molar-refractivity contribution in [2.75, 3.05) is 0 Å². The first-order chi connectivity index (χ1) is 6.89. The molecule has 0 aliphatic carbocycles. The minimum atomic E-state index is -4.18. The van der Waals surface area contributed by atoms with E-state index in [4.69, 9.17) is 9.11 Å². The first kappa shape index (κ1) is 12.3. The molecule has 0 aliphatic heterocycles. The minimum Gasteiger partial charge on any atom is -0.294 e. The van der Waals surface area contributed by atoms with Crippen molar-refractivity contribution < 1.29 is 21.7 Å². The third kappa shape index (κ3) is 4.06. The van der Waals surface area contributed by atoms with Crippen LogP contribution in [0.2, 0.25) is 0 Å². The zero-order chi connectivity index (χ0) is 11.5. The molecule has 0 heterocycles. The van der Waals surface area contributed by atoms with Gasteiger partial charge in [0.15, 0.2) is 0 Å². The molecule has 3 N–H and O–H groups in total. The molecule has 1 rings (SSSR count). The highest BCUT2D eigenvalue weighted by molar-refractivity contribution is 7.85. The Kier molecular flexibility index (Phi) is 3.94. The highest BCUT2D eigenvalue weighted by Gasteiger charge is 2.08. The topological polar surface area (TPSA) is 104 Å². The third-order valence-electron chi connectivity index (χ3n) is 1.62. The molecule has 6 nitrogen and oxygen atoms in total. The van der Waals surface area contributed by atoms with E-state index >= 15 is 0 Å². The molecule has 0 aromatic heterocycles. The summed E-state index contributed by atoms with van der Waals surface area (Å²) in [5.41, 5.74) is 0.629. The summed E-state index contributed by atoms with van der Waals surface area (Å²) in [7, 11) is -4.18. The summed E-state index contributed by atoms with van der Waals surface area (Å²) in [6, 6.07) is 5.30. The standard InChI is InChI=1S/C7H9NO5S2/c9-14(10)8-5-6-1-3-7(4-2-6)15(11,12)13/h1-4,8H,5H2,(H,9,10)(H,11,12,13). The van der Waals surface area contributed by atoms with Crippen LogP contribution in [0.5, 0.6) is 0 Å². The lowest BCUT2D eigenvalue weighted by Crippen LogP contribution is -2.15. The van der Waals surface area contributed by atoms with Gasteiger partial charge in [-0.3, -0.25) is 9.11 Å². The zero-order valence-corrected chi connectivity index (χ0v) is 9.09. The van der Waals surface area contributed by atoms with Gasteiger partial charge in [0.05, 0.1) is 4.90 Å². The van der Waals surface area contributed by atoms with E-state index in [9.17, 15) is 12.6 Å². The summed E-state index contributed by atoms with van der Waals surface area (Å²) in [5.74, 6) is 0. The molecule has 0 aliphatic rings. The zero-order valence-electron chi connectivity index (χ0n) is 7.45. The molecule has 0 saturated carbocycles. The van der Waals surface area contributed by atoms with E-state index in [1.807, 2.05) is 0 Å². The van der Waals surface area contributed by atoms with Gasteiger partial charge in [0.2, 0.25) is 11.3 Å². The van der Waals surface area contributed by atoms with Gasteiger partial charge in [0.25, 0.3) is 10.1 Å². The highest BCUT2D eigenvalue weighted by atomic mass is 32.2. The molecule has 8 heteroatoms. The van der Waals surface area contributed by atoms with Crippen molar-refractivity contribution in [1.29, 1.82) is 0 Å². The van der Waals surface area contributed by atoms with Crippen molar-refractivity contribution in [2.24, 2.45) is 0 Å². The van der Waals surface area contributed by atoms with Crippen LogP contribution in [-0.4, -0.2) is 21.7 Å². The lowest BCUT2D eigenvalue weighted by atomic mass is 10.2. The van der Waals surface area contributed by atoms with Crippen LogP contribution < -0.4 is 4.72 Å². The van der Waals surface area contributed by atoms with E-state index in [2.05, 4.69) is 4.72 Å². The van der Waals surface area contributed by atoms with E-state index in [1.165, 1.54) is 24.3 Å². The van der Waals surface area contributed by atoms with Crippen molar-refractivity contribution in [1.82, 2.24) is 4.72 Å². The fourth-order valence-electron chi connectivity index (χ4n) is 0.924. The maximum Gasteiger partial charge on any atom is 0.294 e. The van der Waals surface area contributed by atoms with E-state index in [-0.39, 0.29) is 11.4 Å². The smallest absolute Gasteiger partial charge is 0.294 e. The molecular weight excluding hydrogens is 242 g/mol. The molecule has 1 aromatic rings. The van der Waals surface area contributed by atoms with Gasteiger partial charge >= 0.3 is 0 Å². The van der Waals surface area contributed by atoms with Gasteiger partial charge in [-0.15, -0.1) is 0 Å². The van der Waals surface area contributed by atoms with Crippen LogP contribution in [-0.2, 0) is 27.9 Å². The average molecular weight is 251 g/mol. The summed E-state index contributed by atoms with van der Waals surface area (Å²) < 4.78 is 50.9. The van der Waals surface area contributed by atoms with Crippen molar-refractivity contribution >= 4 is 21.4 Å². The lowest BCUT2D eigenvalue weighted by molar-refractivity contribution is 0.483. The van der Waals surface area contributed by atoms with Gasteiger partial charge in [0.1, 0.15) is 0 Å². The van der Waals surface area contributed by atoms with E-state index < -0.39 is 21.4 Å². The fourth-order valence-corrected chi connectivity index (χ4v) is 1.69. The first-order valence-corrected chi connectivity index (χ1v) is 6.35. The van der Waals surface area contributed by atoms with Crippen LogP contribution in [0.3, 0.4) is 0 Å². The molecule has 0 bridgehead atoms. The van der Waals surface area contributed by atoms with Crippen molar-refractivity contribution in [3.63, 3.8) is 0 Å². The van der Waals surface area contributed by atoms with E-state index in [0.717, 1.165) is 0 Å². The van der Waals surface area contributed by atoms with Crippen LogP contribution in [0, 0.1) is 0 Å². The van der Waals surface area contributed by atoms with E-state index in [0.29, 0.717) is 5.56 Å². The summed E-state index contributed by atoms with van der Waals surface area (Å²) in [4.78, 5) is -0.212. The van der Waals surface area contributed by atoms with Crippen LogP contribution >= 0.6 is 0 Å². The second kappa shape index (κ2) is 4.81. The summed E-state index contributed by atoms with van der Waals surface area (Å²) in [6.07, 6.45) is 0. The quantitative estimate of drug-likeness (QED) is 0.522. The molecule has 1 unspecified atom stereocenters. The Morgan fingerprint density at radius 1 is 1.27 bits per heavy atom. The molecule has 84 valence electrons. The van der Waals surface area contributed by atoms with E-state index in [1.54, 1.807) is 0 Å². The van der Waals surface area contributed by atoms with Crippen LogP contribution in [0.25, 0.3) is 0 Å². The summed E-state index contributed by atoms with van der Waals surface area (Å²) in [5, 5.41) is 0. The largest absolute Gasteiger partial charge is 0.294 e. The normalized spacial score (nSPS) is 13.7. The van der Waals surface area contributed by atoms with Crippen molar-refractivity contribution in [3.8, 4) is 0 Å². The SMILES string of the molecule is O=S(O)NCc1ccc(S(=O)(=O)O)cc1. The Hall–Kier alpha value is -0.800. The Balaban J connectivity index is 2.77. The van der Waals surface area contributed by atoms with Gasteiger partial charge in [0, 0.05) is 6.54 Å². The third-order valence-corrected chi connectivity index (χ3v) is 2.88. The Morgan fingerprint density at radius 3 is 2.20 bits per heavy atom. The lowest BCUT2D eigenvalue weighted by Gasteiger charge is -2.01. The molecule has 0 amide bonds. The predicted octanol–water partition coefficient (Wildman–Crippen LogP) is 0.160. The number of benzene rings is 1. The molecule has 1 aromatic carbocycles. The van der Waals surface area contributed by atoms with Gasteiger partial charge in [-0.05, 0) is 17.7 Å². The Bertz CT molecular complexity index is 453. The second-order valence-electron chi connectivity index (χ2n) is 2.69. The molecule has 0 spiro atoms. The average Bonchev–Trinajstić information content (AvgIpc) is 2.14. The highest BCUT2D eigenvalue weighted by Crippen LogP contribution is 2.09. The number of rotatable bonds is 4. The molecule has 15 heavy (non-hydrogen) atoms. The molecule has 0 fully saturated rings. The Labute approximate surface area is 89.5 Å². The van der Waals surface area contributed by atoms with Crippen LogP contribution in [0.4, 0.5) is 0 Å². The predicted molar refractivity (Wildman–Crippen MR) is 53.9 cm³/mol. The monoisotopic (exact) mass is 251 g/mol. The minimum absolute atomic E-state index is 0.134. The summed E-state index contributed by atoms with van der Waals surface area (Å²) >= 11 is -2.11. The molecular formula is C7H9NO5S2. The maximum atomic E-state index is 10.7. The van der Waals surface area contributed by atoms with Gasteiger partial charge < -0.3 is 0 Å². The first-order valence-electron chi connectivity index (χ1n) is 3.80. The molecule has 1 atom stereocenters. The fraction of sp³-hybridized carbons (Fsp3) is 0.143. The number of hydrogen-bond donors (Lipinski definition) is 3. The summed E-state index contributed by atoms with van der Waals surface area (Å²) in [6.45, 7) is 0.134. The molecule has 0 saturated heterocycles. The van der Waals surface area contributed by atoms with Gasteiger partial charge in [-0.1, -0.05) is 12.1 Å². The number of hydrogen-bond acceptors (Lipinski definition) is 3. The Morgan fingerprint density at radius 2 is 1.80 bits per heavy atom. The van der Waals surface area contributed by atoms with Gasteiger partial charge in [-0.25, -0.2) is 8.93 Å². The second-order valence-corrected chi connectivity index (χ2v) is 4.90. The van der Waals surface area contributed by atoms with Crippen LogP contribution in [0.1, 0.15) is 5.56 Å². The van der Waals surface area contributed by atoms with Gasteiger partial charge in [-0.2, -0.15) is 8.42 Å². The van der Waals surface area contributed by atoms with Crippen LogP contribution in [0.15, 0.2) is 29.2 Å². The maximum absolute atomic E-state index is 10.7.